The minimum Gasteiger partial charge on any atom is -0.478 e. The number of ether oxygens (including phenoxy) is 3. The summed E-state index contributed by atoms with van der Waals surface area (Å²) >= 11 is 0. The summed E-state index contributed by atoms with van der Waals surface area (Å²) in [5.74, 6) is -2.57. The molecule has 0 saturated carbocycles. The average molecular weight is 513 g/mol. The number of aliphatic hydroxyl groups excluding tert-OH is 4. The number of benzene rings is 1. The van der Waals surface area contributed by atoms with Crippen molar-refractivity contribution in [2.24, 2.45) is 11.8 Å². The van der Waals surface area contributed by atoms with Crippen molar-refractivity contribution in [2.45, 2.75) is 43.4 Å². The first kappa shape index (κ1) is 25.3. The van der Waals surface area contributed by atoms with Crippen molar-refractivity contribution in [1.29, 1.82) is 0 Å². The number of carbonyl (C=O) groups is 1. The van der Waals surface area contributed by atoms with Crippen LogP contribution in [0.5, 0.6) is 0 Å². The number of aromatic nitrogens is 2. The van der Waals surface area contributed by atoms with E-state index in [4.69, 9.17) is 14.2 Å². The summed E-state index contributed by atoms with van der Waals surface area (Å²) in [4.78, 5) is 20.0. The summed E-state index contributed by atoms with van der Waals surface area (Å²) in [6.45, 7) is 3.23. The van der Waals surface area contributed by atoms with Crippen LogP contribution in [-0.2, 0) is 25.4 Å². The zero-order valence-electron chi connectivity index (χ0n) is 19.7. The lowest BCUT2D eigenvalue weighted by Gasteiger charge is -2.43. The second-order valence-corrected chi connectivity index (χ2v) is 9.19. The highest BCUT2D eigenvalue weighted by Gasteiger charge is 2.47. The number of hydrogen-bond donors (Lipinski definition) is 6. The van der Waals surface area contributed by atoms with Crippen LogP contribution in [0.1, 0.15) is 5.69 Å². The molecule has 2 aliphatic heterocycles. The number of rotatable bonds is 7. The summed E-state index contributed by atoms with van der Waals surface area (Å²) in [6.07, 6.45) is -4.12. The Hall–Kier alpha value is -3.32. The monoisotopic (exact) mass is 512 g/mol. The van der Waals surface area contributed by atoms with Gasteiger partial charge in [-0.15, -0.1) is 6.58 Å². The summed E-state index contributed by atoms with van der Waals surface area (Å²) in [7, 11) is 0. The Balaban J connectivity index is 1.46. The van der Waals surface area contributed by atoms with Gasteiger partial charge >= 0.3 is 5.97 Å². The second kappa shape index (κ2) is 10.2. The van der Waals surface area contributed by atoms with Gasteiger partial charge in [0.05, 0.1) is 29.7 Å². The van der Waals surface area contributed by atoms with Gasteiger partial charge in [0.2, 0.25) is 6.29 Å². The van der Waals surface area contributed by atoms with Crippen LogP contribution in [0.15, 0.2) is 61.0 Å². The summed E-state index contributed by atoms with van der Waals surface area (Å²) < 4.78 is 16.8. The van der Waals surface area contributed by atoms with Gasteiger partial charge in [-0.05, 0) is 18.6 Å². The van der Waals surface area contributed by atoms with E-state index in [-0.39, 0.29) is 12.0 Å². The first-order valence-corrected chi connectivity index (χ1v) is 11.9. The van der Waals surface area contributed by atoms with E-state index in [1.807, 2.05) is 30.3 Å². The molecule has 0 bridgehead atoms. The van der Waals surface area contributed by atoms with Gasteiger partial charge in [0.25, 0.3) is 0 Å². The van der Waals surface area contributed by atoms with Crippen molar-refractivity contribution in [1.82, 2.24) is 9.97 Å². The highest BCUT2D eigenvalue weighted by molar-refractivity contribution is 6.07. The number of aliphatic hydroxyl groups is 4. The summed E-state index contributed by atoms with van der Waals surface area (Å²) in [5, 5.41) is 51.9. The maximum absolute atomic E-state index is 12.1. The van der Waals surface area contributed by atoms with E-state index in [1.54, 1.807) is 6.20 Å². The Morgan fingerprint density at radius 1 is 1.11 bits per heavy atom. The van der Waals surface area contributed by atoms with Gasteiger partial charge in [-0.25, -0.2) is 4.79 Å². The van der Waals surface area contributed by atoms with E-state index < -0.39 is 61.4 Å². The number of aromatic amines is 1. The number of H-pyrrole nitrogens is 1. The van der Waals surface area contributed by atoms with E-state index in [9.17, 15) is 30.3 Å². The Morgan fingerprint density at radius 3 is 2.62 bits per heavy atom. The molecule has 11 heteroatoms. The minimum atomic E-state index is -1.64. The standard InChI is InChI=1S/C26H28N2O9/c1-2-12-15(9-18-20-14(7-8-27-18)13-5-3-4-6-17(13)28-20)16(24(33)34)11-35-25(12)37-26-23(32)22(31)21(30)19(10-29)36-26/h2-8,11-12,15,19,21-23,25-26,28-32H,1,9-10H2,(H,33,34)/t12?,15?,19-,21-,22+,23-,25?,26+/m1/s1. The Bertz CT molecular complexity index is 1340. The molecule has 1 aromatic carbocycles. The Labute approximate surface area is 211 Å². The predicted octanol–water partition coefficient (Wildman–Crippen LogP) is 0.818. The fourth-order valence-corrected chi connectivity index (χ4v) is 5.07. The molecule has 2 aliphatic rings. The van der Waals surface area contributed by atoms with E-state index in [2.05, 4.69) is 16.5 Å². The third kappa shape index (κ3) is 4.50. The van der Waals surface area contributed by atoms with Crippen molar-refractivity contribution in [3.8, 4) is 0 Å². The van der Waals surface area contributed by atoms with Gasteiger partial charge in [-0.1, -0.05) is 24.3 Å². The number of carboxylic acids is 1. The van der Waals surface area contributed by atoms with Crippen molar-refractivity contribution >= 4 is 27.8 Å². The molecule has 6 N–H and O–H groups in total. The topological polar surface area (TPSA) is 175 Å². The van der Waals surface area contributed by atoms with Crippen LogP contribution in [0.2, 0.25) is 0 Å². The molecule has 8 atom stereocenters. The average Bonchev–Trinajstić information content (AvgIpc) is 3.28. The van der Waals surface area contributed by atoms with E-state index in [1.165, 1.54) is 6.08 Å². The highest BCUT2D eigenvalue weighted by atomic mass is 16.8. The molecule has 0 aliphatic carbocycles. The lowest BCUT2D eigenvalue weighted by atomic mass is 9.80. The van der Waals surface area contributed by atoms with Gasteiger partial charge in [0.15, 0.2) is 6.29 Å². The SMILES string of the molecule is C=CC1C(O[C@@H]2O[C@H](CO)[C@@H](O)[C@H](O)[C@H]2O)OC=C(C(=O)O)C1Cc1nccc2c1[nH]c1ccccc12. The summed E-state index contributed by atoms with van der Waals surface area (Å²) in [5.41, 5.74) is 2.35. The number of nitrogens with one attached hydrogen (secondary N) is 1. The number of pyridine rings is 1. The molecule has 1 fully saturated rings. The molecular formula is C26H28N2O9. The molecule has 11 nitrogen and oxygen atoms in total. The van der Waals surface area contributed by atoms with Crippen molar-refractivity contribution in [3.05, 3.63) is 66.7 Å². The molecule has 4 heterocycles. The zero-order valence-corrected chi connectivity index (χ0v) is 19.7. The molecule has 196 valence electrons. The van der Waals surface area contributed by atoms with Gasteiger partial charge in [-0.3, -0.25) is 4.98 Å². The number of hydrogen-bond acceptors (Lipinski definition) is 9. The van der Waals surface area contributed by atoms with Crippen molar-refractivity contribution < 1.29 is 44.5 Å². The normalized spacial score (nSPS) is 32.2. The van der Waals surface area contributed by atoms with Crippen LogP contribution in [0.25, 0.3) is 21.8 Å². The van der Waals surface area contributed by atoms with Gasteiger partial charge < -0.3 is 44.7 Å². The highest BCUT2D eigenvalue weighted by Crippen LogP contribution is 2.38. The molecule has 0 spiro atoms. The van der Waals surface area contributed by atoms with Gasteiger partial charge in [0.1, 0.15) is 24.4 Å². The van der Waals surface area contributed by atoms with Gasteiger partial charge in [-0.2, -0.15) is 0 Å². The fourth-order valence-electron chi connectivity index (χ4n) is 5.07. The smallest absolute Gasteiger partial charge is 0.335 e. The Kier molecular flexibility index (Phi) is 6.99. The van der Waals surface area contributed by atoms with Crippen LogP contribution < -0.4 is 0 Å². The van der Waals surface area contributed by atoms with E-state index in [0.29, 0.717) is 5.69 Å². The molecule has 5 rings (SSSR count). The van der Waals surface area contributed by atoms with E-state index in [0.717, 1.165) is 28.1 Å². The minimum absolute atomic E-state index is 0.00605. The van der Waals surface area contributed by atoms with Crippen molar-refractivity contribution in [2.75, 3.05) is 6.61 Å². The molecule has 0 amide bonds. The first-order chi connectivity index (χ1) is 17.8. The number of fused-ring (bicyclic) bond motifs is 3. The van der Waals surface area contributed by atoms with E-state index >= 15 is 0 Å². The fraction of sp³-hybridized carbons (Fsp3) is 0.385. The third-order valence-electron chi connectivity index (χ3n) is 7.06. The Morgan fingerprint density at radius 2 is 1.89 bits per heavy atom. The molecule has 3 aromatic rings. The summed E-state index contributed by atoms with van der Waals surface area (Å²) in [6, 6.07) is 9.70. The molecule has 0 radical (unpaired) electrons. The quantitative estimate of drug-likeness (QED) is 0.249. The number of aliphatic carboxylic acids is 1. The maximum Gasteiger partial charge on any atom is 0.335 e. The molecule has 3 unspecified atom stereocenters. The van der Waals surface area contributed by atoms with Crippen LogP contribution in [-0.4, -0.2) is 85.1 Å². The molecule has 37 heavy (non-hydrogen) atoms. The van der Waals surface area contributed by atoms with Gasteiger partial charge in [0, 0.05) is 34.3 Å². The third-order valence-corrected chi connectivity index (χ3v) is 7.06. The molecule has 1 saturated heterocycles. The first-order valence-electron chi connectivity index (χ1n) is 11.9. The zero-order chi connectivity index (χ0) is 26.3. The second-order valence-electron chi connectivity index (χ2n) is 9.19. The lowest BCUT2D eigenvalue weighted by molar-refractivity contribution is -0.339. The molecular weight excluding hydrogens is 484 g/mol. The molecule has 2 aromatic heterocycles. The largest absolute Gasteiger partial charge is 0.478 e. The van der Waals surface area contributed by atoms with Crippen LogP contribution >= 0.6 is 0 Å². The predicted molar refractivity (Wildman–Crippen MR) is 130 cm³/mol. The van der Waals surface area contributed by atoms with Crippen molar-refractivity contribution in [3.63, 3.8) is 0 Å². The number of nitrogens with zero attached hydrogens (tertiary/aromatic N) is 1. The number of para-hydroxylation sites is 1. The van der Waals surface area contributed by atoms with Crippen LogP contribution in [0.3, 0.4) is 0 Å². The van der Waals surface area contributed by atoms with Crippen LogP contribution in [0.4, 0.5) is 0 Å². The van der Waals surface area contributed by atoms with Crippen LogP contribution in [0, 0.1) is 11.8 Å². The lowest BCUT2D eigenvalue weighted by Crippen LogP contribution is -2.60. The number of carboxylic acid groups (broad SMARTS) is 1. The maximum atomic E-state index is 12.1.